The number of likely N-dealkylation sites (tertiary alicyclic amines) is 1. The molecule has 4 aromatic rings. The van der Waals surface area contributed by atoms with Gasteiger partial charge in [-0.3, -0.25) is 4.79 Å². The van der Waals surface area contributed by atoms with Crippen molar-refractivity contribution in [3.8, 4) is 0 Å². The normalized spacial score (nSPS) is 19.5. The highest BCUT2D eigenvalue weighted by molar-refractivity contribution is 5.98. The fourth-order valence-electron chi connectivity index (χ4n) is 5.95. The SMILES string of the molecule is COC(=O)[C@@H]1CC[C@H](C)[C@@H](c2ccc(C)cc2)N1C(=O)c1ccc(/C=N/O[C@@H](C)c2cn([C@H](CO)Cc3ccccc3)nn2)cc1. The average Bonchev–Trinajstić information content (AvgIpc) is 3.58. The number of carbonyl (C=O) groups is 2. The van der Waals surface area contributed by atoms with Gasteiger partial charge in [-0.15, -0.1) is 5.10 Å². The van der Waals surface area contributed by atoms with Crippen LogP contribution in [-0.4, -0.2) is 62.8 Å². The summed E-state index contributed by atoms with van der Waals surface area (Å²) in [5, 5.41) is 22.5. The third-order valence-electron chi connectivity index (χ3n) is 8.62. The number of esters is 1. The Morgan fingerprint density at radius 1 is 1.04 bits per heavy atom. The first-order valence-corrected chi connectivity index (χ1v) is 15.6. The minimum atomic E-state index is -0.667. The Hall–Kier alpha value is -4.83. The van der Waals surface area contributed by atoms with Gasteiger partial charge < -0.3 is 19.6 Å². The number of aromatic nitrogens is 3. The van der Waals surface area contributed by atoms with Crippen LogP contribution in [0.15, 0.2) is 90.2 Å². The maximum atomic E-state index is 14.0. The first-order chi connectivity index (χ1) is 22.3. The molecular weight excluding hydrogens is 582 g/mol. The molecule has 46 heavy (non-hydrogen) atoms. The molecule has 1 aliphatic rings. The number of amides is 1. The molecule has 10 heteroatoms. The minimum Gasteiger partial charge on any atom is -0.467 e. The first-order valence-electron chi connectivity index (χ1n) is 15.6. The summed E-state index contributed by atoms with van der Waals surface area (Å²) in [4.78, 5) is 34.2. The molecular formula is C36H41N5O5. The van der Waals surface area contributed by atoms with E-state index in [4.69, 9.17) is 9.57 Å². The third kappa shape index (κ3) is 7.51. The molecule has 1 aromatic heterocycles. The van der Waals surface area contributed by atoms with Gasteiger partial charge in [0, 0.05) is 5.56 Å². The van der Waals surface area contributed by atoms with Crippen molar-refractivity contribution in [1.29, 1.82) is 0 Å². The van der Waals surface area contributed by atoms with E-state index in [0.717, 1.165) is 28.7 Å². The van der Waals surface area contributed by atoms with Gasteiger partial charge in [-0.25, -0.2) is 9.48 Å². The molecule has 0 aliphatic carbocycles. The van der Waals surface area contributed by atoms with E-state index >= 15 is 0 Å². The number of carbonyl (C=O) groups excluding carboxylic acids is 2. The number of hydrogen-bond donors (Lipinski definition) is 1. The Morgan fingerprint density at radius 2 is 1.76 bits per heavy atom. The van der Waals surface area contributed by atoms with Crippen LogP contribution in [-0.2, 0) is 20.8 Å². The van der Waals surface area contributed by atoms with Gasteiger partial charge in [0.2, 0.25) is 0 Å². The predicted molar refractivity (Wildman–Crippen MR) is 174 cm³/mol. The fraction of sp³-hybridized carbons (Fsp3) is 0.361. The lowest BCUT2D eigenvalue weighted by molar-refractivity contribution is -0.149. The molecule has 0 radical (unpaired) electrons. The molecule has 0 spiro atoms. The van der Waals surface area contributed by atoms with Crippen LogP contribution in [0.4, 0.5) is 0 Å². The number of oxime groups is 1. The highest BCUT2D eigenvalue weighted by atomic mass is 16.6. The lowest BCUT2D eigenvalue weighted by atomic mass is 9.82. The summed E-state index contributed by atoms with van der Waals surface area (Å²) in [6.07, 6.45) is 4.83. The van der Waals surface area contributed by atoms with Crippen LogP contribution >= 0.6 is 0 Å². The largest absolute Gasteiger partial charge is 0.467 e. The zero-order valence-corrected chi connectivity index (χ0v) is 26.7. The number of nitrogens with zero attached hydrogens (tertiary/aromatic N) is 5. The van der Waals surface area contributed by atoms with Crippen LogP contribution in [0.25, 0.3) is 0 Å². The second-order valence-corrected chi connectivity index (χ2v) is 11.9. The molecule has 5 rings (SSSR count). The van der Waals surface area contributed by atoms with E-state index in [1.54, 1.807) is 46.3 Å². The molecule has 2 heterocycles. The van der Waals surface area contributed by atoms with E-state index in [0.29, 0.717) is 24.1 Å². The maximum absolute atomic E-state index is 14.0. The number of methoxy groups -OCH3 is 1. The standard InChI is InChI=1S/C36H41N5O5/c1-24-10-15-29(16-11-24)34-25(2)12-19-33(36(44)45-4)41(34)35(43)30-17-13-28(14-18-30)21-37-46-26(3)32-22-40(39-38-32)31(23-42)20-27-8-6-5-7-9-27/h5-11,13-18,21-22,25-26,31,33-34,42H,12,19-20,23H2,1-4H3/b37-21+/t25-,26-,31-,33-,34-/m0/s1. The van der Waals surface area contributed by atoms with Crippen molar-refractivity contribution in [2.75, 3.05) is 13.7 Å². The molecule has 0 saturated carbocycles. The zero-order chi connectivity index (χ0) is 32.6. The Labute approximate surface area is 269 Å². The molecule has 0 bridgehead atoms. The summed E-state index contributed by atoms with van der Waals surface area (Å²) in [6.45, 7) is 5.89. The average molecular weight is 624 g/mol. The van der Waals surface area contributed by atoms with Crippen LogP contribution in [0.1, 0.15) is 83.2 Å². The molecule has 0 unspecified atom stereocenters. The van der Waals surface area contributed by atoms with Crippen LogP contribution in [0.3, 0.4) is 0 Å². The number of aliphatic hydroxyl groups is 1. The Balaban J connectivity index is 1.25. The zero-order valence-electron chi connectivity index (χ0n) is 26.7. The molecule has 240 valence electrons. The van der Waals surface area contributed by atoms with Crippen LogP contribution in [0.2, 0.25) is 0 Å². The Bertz CT molecular complexity index is 1620. The van der Waals surface area contributed by atoms with Crippen molar-refractivity contribution < 1.29 is 24.3 Å². The smallest absolute Gasteiger partial charge is 0.328 e. The van der Waals surface area contributed by atoms with Gasteiger partial charge in [-0.1, -0.05) is 89.6 Å². The highest BCUT2D eigenvalue weighted by Gasteiger charge is 2.43. The van der Waals surface area contributed by atoms with Gasteiger partial charge >= 0.3 is 5.97 Å². The van der Waals surface area contributed by atoms with Crippen molar-refractivity contribution in [3.63, 3.8) is 0 Å². The lowest BCUT2D eigenvalue weighted by Gasteiger charge is -2.44. The summed E-state index contributed by atoms with van der Waals surface area (Å²) in [5.41, 5.74) is 5.02. The molecule has 1 amide bonds. The van der Waals surface area contributed by atoms with Gasteiger partial charge in [-0.05, 0) is 67.9 Å². The molecule has 1 N–H and O–H groups in total. The van der Waals surface area contributed by atoms with Gasteiger partial charge in [-0.2, -0.15) is 0 Å². The Morgan fingerprint density at radius 3 is 2.43 bits per heavy atom. The number of ether oxygens (including phenoxy) is 1. The van der Waals surface area contributed by atoms with Crippen molar-refractivity contribution in [1.82, 2.24) is 19.9 Å². The molecule has 1 saturated heterocycles. The quantitative estimate of drug-likeness (QED) is 0.131. The molecule has 1 aliphatic heterocycles. The first kappa shape index (κ1) is 32.6. The lowest BCUT2D eigenvalue weighted by Crippen LogP contribution is -2.52. The molecule has 5 atom stereocenters. The van der Waals surface area contributed by atoms with Crippen molar-refractivity contribution >= 4 is 18.1 Å². The van der Waals surface area contributed by atoms with Crippen molar-refractivity contribution in [2.45, 2.75) is 64.3 Å². The van der Waals surface area contributed by atoms with Crippen molar-refractivity contribution in [2.24, 2.45) is 11.1 Å². The van der Waals surface area contributed by atoms with E-state index in [-0.39, 0.29) is 30.5 Å². The fourth-order valence-corrected chi connectivity index (χ4v) is 5.95. The maximum Gasteiger partial charge on any atom is 0.328 e. The summed E-state index contributed by atoms with van der Waals surface area (Å²) in [5.74, 6) is -0.467. The number of aliphatic hydroxyl groups excluding tert-OH is 1. The summed E-state index contributed by atoms with van der Waals surface area (Å²) in [6, 6.07) is 23.9. The van der Waals surface area contributed by atoms with Gasteiger partial charge in [0.05, 0.1) is 38.2 Å². The monoisotopic (exact) mass is 623 g/mol. The summed E-state index contributed by atoms with van der Waals surface area (Å²) in [7, 11) is 1.36. The predicted octanol–water partition coefficient (Wildman–Crippen LogP) is 5.63. The number of hydrogen-bond acceptors (Lipinski definition) is 8. The topological polar surface area (TPSA) is 119 Å². The van der Waals surface area contributed by atoms with Crippen molar-refractivity contribution in [3.05, 3.63) is 119 Å². The number of aryl methyl sites for hydroxylation is 1. The minimum absolute atomic E-state index is 0.0731. The van der Waals surface area contributed by atoms with E-state index in [1.807, 2.05) is 68.4 Å². The summed E-state index contributed by atoms with van der Waals surface area (Å²) >= 11 is 0. The van der Waals surface area contributed by atoms with Crippen LogP contribution < -0.4 is 0 Å². The number of piperidine rings is 1. The second kappa shape index (κ2) is 15.0. The molecule has 3 aromatic carbocycles. The highest BCUT2D eigenvalue weighted by Crippen LogP contribution is 2.40. The van der Waals surface area contributed by atoms with Gasteiger partial charge in [0.15, 0.2) is 6.10 Å². The third-order valence-corrected chi connectivity index (χ3v) is 8.62. The number of benzene rings is 3. The Kier molecular flexibility index (Phi) is 10.6. The van der Waals surface area contributed by atoms with Gasteiger partial charge in [0.1, 0.15) is 11.7 Å². The number of rotatable bonds is 11. The van der Waals surface area contributed by atoms with E-state index in [9.17, 15) is 14.7 Å². The molecule has 1 fully saturated rings. The van der Waals surface area contributed by atoms with Gasteiger partial charge in [0.25, 0.3) is 5.91 Å². The van der Waals surface area contributed by atoms with Crippen LogP contribution in [0.5, 0.6) is 0 Å². The summed E-state index contributed by atoms with van der Waals surface area (Å²) < 4.78 is 6.77. The van der Waals surface area contributed by atoms with E-state index < -0.39 is 18.1 Å². The van der Waals surface area contributed by atoms with E-state index in [2.05, 4.69) is 22.4 Å². The van der Waals surface area contributed by atoms with Crippen LogP contribution in [0, 0.1) is 12.8 Å². The second-order valence-electron chi connectivity index (χ2n) is 11.9. The van der Waals surface area contributed by atoms with E-state index in [1.165, 1.54) is 7.11 Å². The molecule has 10 nitrogen and oxygen atoms in total.